The topological polar surface area (TPSA) is 56.8 Å². The fourth-order valence-electron chi connectivity index (χ4n) is 1.74. The zero-order valence-electron chi connectivity index (χ0n) is 11.4. The van der Waals surface area contributed by atoms with Crippen molar-refractivity contribution in [3.63, 3.8) is 0 Å². The summed E-state index contributed by atoms with van der Waals surface area (Å²) in [4.78, 5) is 11.6. The minimum Gasteiger partial charge on any atom is -0.465 e. The van der Waals surface area contributed by atoms with Crippen LogP contribution in [0.1, 0.15) is 17.3 Å². The summed E-state index contributed by atoms with van der Waals surface area (Å²) in [5.74, 6) is -0.991. The molecule has 1 rings (SSSR count). The van der Waals surface area contributed by atoms with Crippen molar-refractivity contribution in [3.05, 3.63) is 29.6 Å². The normalized spacial score (nSPS) is 12.3. The van der Waals surface area contributed by atoms with Gasteiger partial charge >= 0.3 is 5.97 Å². The van der Waals surface area contributed by atoms with Crippen LogP contribution in [0.4, 0.5) is 10.1 Å². The first-order chi connectivity index (χ1) is 9.03. The Morgan fingerprint density at radius 2 is 1.89 bits per heavy atom. The molecule has 1 N–H and O–H groups in total. The first kappa shape index (κ1) is 15.4. The van der Waals surface area contributed by atoms with Crippen molar-refractivity contribution in [1.29, 1.82) is 0 Å². The molecule has 0 aliphatic heterocycles. The van der Waals surface area contributed by atoms with Crippen LogP contribution in [0.2, 0.25) is 0 Å². The summed E-state index contributed by atoms with van der Waals surface area (Å²) in [5, 5.41) is 2.98. The quantitative estimate of drug-likeness (QED) is 0.633. The van der Waals surface area contributed by atoms with Gasteiger partial charge in [-0.2, -0.15) is 0 Å². The molecule has 0 spiro atoms. The number of rotatable bonds is 6. The second kappa shape index (κ2) is 7.06. The van der Waals surface area contributed by atoms with E-state index >= 15 is 0 Å². The second-order valence-corrected chi connectivity index (χ2v) is 3.95. The van der Waals surface area contributed by atoms with Gasteiger partial charge in [0.2, 0.25) is 0 Å². The van der Waals surface area contributed by atoms with E-state index in [4.69, 9.17) is 9.47 Å². The van der Waals surface area contributed by atoms with Gasteiger partial charge in [-0.05, 0) is 25.1 Å². The van der Waals surface area contributed by atoms with Gasteiger partial charge in [-0.3, -0.25) is 0 Å². The van der Waals surface area contributed by atoms with Gasteiger partial charge < -0.3 is 19.5 Å². The number of halogens is 1. The molecule has 1 unspecified atom stereocenters. The molecule has 0 aliphatic carbocycles. The molecule has 0 saturated carbocycles. The first-order valence-corrected chi connectivity index (χ1v) is 5.73. The van der Waals surface area contributed by atoms with E-state index in [1.165, 1.54) is 39.5 Å². The highest BCUT2D eigenvalue weighted by Gasteiger charge is 2.19. The average molecular weight is 271 g/mol. The molecule has 106 valence electrons. The molecular formula is C13H18FNO4. The molecule has 0 amide bonds. The minimum atomic E-state index is -0.541. The van der Waals surface area contributed by atoms with Gasteiger partial charge in [0.1, 0.15) is 5.82 Å². The molecule has 0 heterocycles. The Balaban J connectivity index is 2.98. The Morgan fingerprint density at radius 1 is 1.26 bits per heavy atom. The van der Waals surface area contributed by atoms with E-state index in [2.05, 4.69) is 10.1 Å². The van der Waals surface area contributed by atoms with Crippen molar-refractivity contribution < 1.29 is 23.4 Å². The standard InChI is InChI=1S/C13H18FNO4/c1-8(13(18-3)19-4)15-11-7-9(14)5-6-10(11)12(16)17-2/h5-8,13,15H,1-4H3. The maximum Gasteiger partial charge on any atom is 0.339 e. The number of methoxy groups -OCH3 is 3. The van der Waals surface area contributed by atoms with Crippen LogP contribution in [-0.4, -0.2) is 39.6 Å². The number of carbonyl (C=O) groups is 1. The molecule has 1 aromatic carbocycles. The summed E-state index contributed by atoms with van der Waals surface area (Å²) in [5.41, 5.74) is 0.583. The lowest BCUT2D eigenvalue weighted by atomic mass is 10.1. The van der Waals surface area contributed by atoms with E-state index in [0.717, 1.165) is 0 Å². The van der Waals surface area contributed by atoms with E-state index in [1.54, 1.807) is 6.92 Å². The van der Waals surface area contributed by atoms with E-state index in [1.807, 2.05) is 0 Å². The highest BCUT2D eigenvalue weighted by molar-refractivity contribution is 5.95. The van der Waals surface area contributed by atoms with Crippen molar-refractivity contribution in [1.82, 2.24) is 0 Å². The first-order valence-electron chi connectivity index (χ1n) is 5.73. The van der Waals surface area contributed by atoms with Crippen molar-refractivity contribution >= 4 is 11.7 Å². The lowest BCUT2D eigenvalue weighted by molar-refractivity contribution is -0.109. The van der Waals surface area contributed by atoms with Gasteiger partial charge in [-0.25, -0.2) is 9.18 Å². The lowest BCUT2D eigenvalue weighted by Gasteiger charge is -2.24. The van der Waals surface area contributed by atoms with Crippen LogP contribution in [0.15, 0.2) is 18.2 Å². The maximum absolute atomic E-state index is 13.3. The van der Waals surface area contributed by atoms with Crippen LogP contribution in [-0.2, 0) is 14.2 Å². The van der Waals surface area contributed by atoms with Crippen LogP contribution in [0, 0.1) is 5.82 Å². The van der Waals surface area contributed by atoms with Crippen LogP contribution in [0.3, 0.4) is 0 Å². The molecule has 6 heteroatoms. The SMILES string of the molecule is COC(=O)c1ccc(F)cc1NC(C)C(OC)OC. The number of anilines is 1. The van der Waals surface area contributed by atoms with Gasteiger partial charge in [0.15, 0.2) is 6.29 Å². The molecule has 0 aliphatic rings. The Bertz CT molecular complexity index is 435. The van der Waals surface area contributed by atoms with E-state index in [-0.39, 0.29) is 11.6 Å². The largest absolute Gasteiger partial charge is 0.465 e. The third-order valence-corrected chi connectivity index (χ3v) is 2.64. The van der Waals surface area contributed by atoms with E-state index in [9.17, 15) is 9.18 Å². The molecule has 0 saturated heterocycles. The van der Waals surface area contributed by atoms with Crippen molar-refractivity contribution in [3.8, 4) is 0 Å². The second-order valence-electron chi connectivity index (χ2n) is 3.95. The van der Waals surface area contributed by atoms with Gasteiger partial charge in [0.25, 0.3) is 0 Å². The van der Waals surface area contributed by atoms with Gasteiger partial charge in [0, 0.05) is 14.2 Å². The summed E-state index contributed by atoms with van der Waals surface area (Å²) in [7, 11) is 4.27. The highest BCUT2D eigenvalue weighted by Crippen LogP contribution is 2.20. The number of hydrogen-bond acceptors (Lipinski definition) is 5. The molecule has 1 aromatic rings. The smallest absolute Gasteiger partial charge is 0.339 e. The summed E-state index contributed by atoms with van der Waals surface area (Å²) >= 11 is 0. The van der Waals surface area contributed by atoms with Crippen LogP contribution in [0.25, 0.3) is 0 Å². The Hall–Kier alpha value is -1.66. The van der Waals surface area contributed by atoms with Gasteiger partial charge in [0.05, 0.1) is 24.4 Å². The number of benzene rings is 1. The van der Waals surface area contributed by atoms with Crippen LogP contribution >= 0.6 is 0 Å². The lowest BCUT2D eigenvalue weighted by Crippen LogP contribution is -2.34. The Morgan fingerprint density at radius 3 is 2.42 bits per heavy atom. The van der Waals surface area contributed by atoms with Crippen molar-refractivity contribution in [2.75, 3.05) is 26.6 Å². The molecule has 0 fully saturated rings. The summed E-state index contributed by atoms with van der Waals surface area (Å²) < 4.78 is 28.1. The molecule has 0 aromatic heterocycles. The number of esters is 1. The molecular weight excluding hydrogens is 253 g/mol. The summed E-state index contributed by atoms with van der Waals surface area (Å²) in [6.45, 7) is 1.80. The van der Waals surface area contributed by atoms with E-state index in [0.29, 0.717) is 5.69 Å². The highest BCUT2D eigenvalue weighted by atomic mass is 19.1. The van der Waals surface area contributed by atoms with Gasteiger partial charge in [-0.1, -0.05) is 0 Å². The zero-order valence-corrected chi connectivity index (χ0v) is 11.4. The maximum atomic E-state index is 13.3. The van der Waals surface area contributed by atoms with E-state index < -0.39 is 18.1 Å². The predicted molar refractivity (Wildman–Crippen MR) is 68.6 cm³/mol. The Kier molecular flexibility index (Phi) is 5.72. The number of hydrogen-bond donors (Lipinski definition) is 1. The molecule has 0 bridgehead atoms. The number of nitrogens with one attached hydrogen (secondary N) is 1. The molecule has 0 radical (unpaired) electrons. The summed E-state index contributed by atoms with van der Waals surface area (Å²) in [6.07, 6.45) is -0.520. The molecule has 1 atom stereocenters. The van der Waals surface area contributed by atoms with Crippen molar-refractivity contribution in [2.24, 2.45) is 0 Å². The Labute approximate surface area is 111 Å². The fourth-order valence-corrected chi connectivity index (χ4v) is 1.74. The fraction of sp³-hybridized carbons (Fsp3) is 0.462. The molecule has 5 nitrogen and oxygen atoms in total. The van der Waals surface area contributed by atoms with Crippen molar-refractivity contribution in [2.45, 2.75) is 19.3 Å². The number of ether oxygens (including phenoxy) is 3. The predicted octanol–water partition coefficient (Wildman–Crippen LogP) is 2.03. The average Bonchev–Trinajstić information content (AvgIpc) is 2.39. The van der Waals surface area contributed by atoms with Crippen LogP contribution < -0.4 is 5.32 Å². The molecule has 19 heavy (non-hydrogen) atoms. The zero-order chi connectivity index (χ0) is 14.4. The van der Waals surface area contributed by atoms with Gasteiger partial charge in [-0.15, -0.1) is 0 Å². The number of carbonyl (C=O) groups excluding carboxylic acids is 1. The third-order valence-electron chi connectivity index (χ3n) is 2.64. The van der Waals surface area contributed by atoms with Crippen LogP contribution in [0.5, 0.6) is 0 Å². The minimum absolute atomic E-state index is 0.252. The third kappa shape index (κ3) is 3.90. The monoisotopic (exact) mass is 271 g/mol. The summed E-state index contributed by atoms with van der Waals surface area (Å²) in [6, 6.07) is 3.52.